The first kappa shape index (κ1) is 14.0. The minimum Gasteiger partial charge on any atom is -0.465 e. The summed E-state index contributed by atoms with van der Waals surface area (Å²) in [6.45, 7) is 4.71. The van der Waals surface area contributed by atoms with Crippen molar-refractivity contribution in [2.45, 2.75) is 51.2 Å². The second-order valence-corrected chi connectivity index (χ2v) is 4.64. The fraction of sp³-hybridized carbons (Fsp3) is 0.833. The van der Waals surface area contributed by atoms with E-state index >= 15 is 0 Å². The number of carbonyl (C=O) groups is 2. The van der Waals surface area contributed by atoms with Gasteiger partial charge < -0.3 is 19.5 Å². The molecule has 17 heavy (non-hydrogen) atoms. The van der Waals surface area contributed by atoms with Gasteiger partial charge in [0.2, 0.25) is 0 Å². The molecule has 0 aliphatic carbocycles. The second-order valence-electron chi connectivity index (χ2n) is 4.64. The summed E-state index contributed by atoms with van der Waals surface area (Å²) in [5.74, 6) is 0. The molecule has 1 heterocycles. The van der Waals surface area contributed by atoms with Crippen molar-refractivity contribution in [3.05, 3.63) is 0 Å². The molecule has 1 fully saturated rings. The van der Waals surface area contributed by atoms with Crippen LogP contribution in [0.25, 0.3) is 0 Å². The molecule has 1 rings (SSSR count). The van der Waals surface area contributed by atoms with Crippen molar-refractivity contribution < 1.29 is 19.4 Å². The van der Waals surface area contributed by atoms with Crippen LogP contribution in [0.2, 0.25) is 0 Å². The number of nitrogens with zero attached hydrogens (tertiary/aromatic N) is 1. The van der Waals surface area contributed by atoms with Crippen molar-refractivity contribution in [3.8, 4) is 0 Å². The number of amides is 1. The van der Waals surface area contributed by atoms with Crippen LogP contribution in [0.4, 0.5) is 4.79 Å². The second kappa shape index (κ2) is 6.00. The summed E-state index contributed by atoms with van der Waals surface area (Å²) in [7, 11) is 0. The molecule has 98 valence electrons. The van der Waals surface area contributed by atoms with E-state index in [1.807, 2.05) is 6.92 Å². The van der Waals surface area contributed by atoms with Crippen LogP contribution < -0.4 is 0 Å². The van der Waals surface area contributed by atoms with Crippen LogP contribution in [-0.2, 0) is 9.53 Å². The van der Waals surface area contributed by atoms with Crippen LogP contribution in [0.5, 0.6) is 0 Å². The van der Waals surface area contributed by atoms with Crippen molar-refractivity contribution in [2.75, 3.05) is 13.2 Å². The molecule has 2 atom stereocenters. The van der Waals surface area contributed by atoms with Gasteiger partial charge in [-0.25, -0.2) is 4.79 Å². The monoisotopic (exact) mass is 243 g/mol. The van der Waals surface area contributed by atoms with Crippen molar-refractivity contribution in [1.29, 1.82) is 0 Å². The van der Waals surface area contributed by atoms with Gasteiger partial charge in [0.15, 0.2) is 6.29 Å². The van der Waals surface area contributed by atoms with Gasteiger partial charge in [-0.05, 0) is 26.2 Å². The standard InChI is InChI=1S/C12H21NO4/c1-3-4-8-17-12(2,9-14)10-6-5-7-13(10)11(15)16/h9-10H,3-8H2,1-2H3,(H,15,16). The molecule has 1 aliphatic heterocycles. The quantitative estimate of drug-likeness (QED) is 0.571. The summed E-state index contributed by atoms with van der Waals surface area (Å²) in [4.78, 5) is 23.6. The van der Waals surface area contributed by atoms with Crippen LogP contribution in [0.3, 0.4) is 0 Å². The highest BCUT2D eigenvalue weighted by molar-refractivity contribution is 5.70. The first-order valence-corrected chi connectivity index (χ1v) is 6.15. The van der Waals surface area contributed by atoms with E-state index in [2.05, 4.69) is 0 Å². The fourth-order valence-corrected chi connectivity index (χ4v) is 2.24. The number of hydrogen-bond acceptors (Lipinski definition) is 3. The van der Waals surface area contributed by atoms with Crippen LogP contribution in [0.15, 0.2) is 0 Å². The molecule has 2 unspecified atom stereocenters. The maximum atomic E-state index is 11.2. The van der Waals surface area contributed by atoms with E-state index in [9.17, 15) is 9.59 Å². The number of ether oxygens (including phenoxy) is 1. The van der Waals surface area contributed by atoms with Gasteiger partial charge in [-0.3, -0.25) is 0 Å². The van der Waals surface area contributed by atoms with Gasteiger partial charge in [-0.15, -0.1) is 0 Å². The molecule has 0 aromatic heterocycles. The Kier molecular flexibility index (Phi) is 4.93. The third-order valence-electron chi connectivity index (χ3n) is 3.31. The molecule has 1 saturated heterocycles. The first-order chi connectivity index (χ1) is 8.05. The summed E-state index contributed by atoms with van der Waals surface area (Å²) in [6, 6.07) is -0.352. The molecular weight excluding hydrogens is 222 g/mol. The predicted octanol–water partition coefficient (Wildman–Crippen LogP) is 1.90. The number of likely N-dealkylation sites (tertiary alicyclic amines) is 1. The average molecular weight is 243 g/mol. The summed E-state index contributed by atoms with van der Waals surface area (Å²) in [5, 5.41) is 9.07. The zero-order chi connectivity index (χ0) is 12.9. The van der Waals surface area contributed by atoms with Crippen LogP contribution in [-0.4, -0.2) is 47.2 Å². The normalized spacial score (nSPS) is 23.4. The Bertz CT molecular complexity index is 282. The summed E-state index contributed by atoms with van der Waals surface area (Å²) in [5.41, 5.74) is -1.01. The first-order valence-electron chi connectivity index (χ1n) is 6.15. The number of rotatable bonds is 6. The maximum Gasteiger partial charge on any atom is 0.407 e. The van der Waals surface area contributed by atoms with E-state index in [0.717, 1.165) is 25.5 Å². The summed E-state index contributed by atoms with van der Waals surface area (Å²) < 4.78 is 5.61. The summed E-state index contributed by atoms with van der Waals surface area (Å²) in [6.07, 6.45) is 3.12. The van der Waals surface area contributed by atoms with E-state index in [1.165, 1.54) is 4.90 Å². The van der Waals surface area contributed by atoms with E-state index in [4.69, 9.17) is 9.84 Å². The molecule has 0 saturated carbocycles. The molecule has 1 N–H and O–H groups in total. The minimum atomic E-state index is -1.01. The predicted molar refractivity (Wildman–Crippen MR) is 63.1 cm³/mol. The third kappa shape index (κ3) is 3.19. The lowest BCUT2D eigenvalue weighted by Gasteiger charge is -2.35. The SMILES string of the molecule is CCCCOC(C)(C=O)C1CCCN1C(=O)O. The number of unbranched alkanes of at least 4 members (excludes halogenated alkanes) is 1. The third-order valence-corrected chi connectivity index (χ3v) is 3.31. The maximum absolute atomic E-state index is 11.2. The Morgan fingerprint density at radius 3 is 2.88 bits per heavy atom. The van der Waals surface area contributed by atoms with Crippen LogP contribution >= 0.6 is 0 Å². The number of carboxylic acid groups (broad SMARTS) is 1. The number of carbonyl (C=O) groups excluding carboxylic acids is 1. The smallest absolute Gasteiger partial charge is 0.407 e. The van der Waals surface area contributed by atoms with Crippen LogP contribution in [0, 0.1) is 0 Å². The zero-order valence-electron chi connectivity index (χ0n) is 10.5. The molecule has 1 amide bonds. The van der Waals surface area contributed by atoms with Gasteiger partial charge in [-0.1, -0.05) is 13.3 Å². The highest BCUT2D eigenvalue weighted by Gasteiger charge is 2.43. The molecule has 0 radical (unpaired) electrons. The van der Waals surface area contributed by atoms with Crippen molar-refractivity contribution in [2.24, 2.45) is 0 Å². The lowest BCUT2D eigenvalue weighted by atomic mass is 9.95. The fourth-order valence-electron chi connectivity index (χ4n) is 2.24. The number of hydrogen-bond donors (Lipinski definition) is 1. The average Bonchev–Trinajstić information content (AvgIpc) is 2.78. The van der Waals surface area contributed by atoms with Crippen molar-refractivity contribution in [3.63, 3.8) is 0 Å². The Morgan fingerprint density at radius 2 is 2.35 bits per heavy atom. The van der Waals surface area contributed by atoms with Crippen molar-refractivity contribution in [1.82, 2.24) is 4.90 Å². The number of aldehydes is 1. The highest BCUT2D eigenvalue weighted by Crippen LogP contribution is 2.28. The van der Waals surface area contributed by atoms with E-state index in [-0.39, 0.29) is 6.04 Å². The van der Waals surface area contributed by atoms with E-state index in [0.29, 0.717) is 19.6 Å². The Hall–Kier alpha value is -1.10. The molecule has 0 spiro atoms. The van der Waals surface area contributed by atoms with Gasteiger partial charge >= 0.3 is 6.09 Å². The van der Waals surface area contributed by atoms with Gasteiger partial charge in [0.05, 0.1) is 6.04 Å². The lowest BCUT2D eigenvalue weighted by Crippen LogP contribution is -2.52. The Balaban J connectivity index is 2.70. The minimum absolute atomic E-state index is 0.352. The summed E-state index contributed by atoms with van der Waals surface area (Å²) >= 11 is 0. The van der Waals surface area contributed by atoms with Gasteiger partial charge in [0.1, 0.15) is 5.60 Å². The Labute approximate surface area is 102 Å². The molecule has 0 bridgehead atoms. The molecule has 0 aromatic carbocycles. The Morgan fingerprint density at radius 1 is 1.65 bits per heavy atom. The van der Waals surface area contributed by atoms with Gasteiger partial charge in [-0.2, -0.15) is 0 Å². The van der Waals surface area contributed by atoms with Crippen LogP contribution in [0.1, 0.15) is 39.5 Å². The van der Waals surface area contributed by atoms with Gasteiger partial charge in [0.25, 0.3) is 0 Å². The molecular formula is C12H21NO4. The molecule has 0 aromatic rings. The van der Waals surface area contributed by atoms with E-state index < -0.39 is 11.7 Å². The molecule has 5 nitrogen and oxygen atoms in total. The topological polar surface area (TPSA) is 66.8 Å². The lowest BCUT2D eigenvalue weighted by molar-refractivity contribution is -0.136. The largest absolute Gasteiger partial charge is 0.465 e. The highest BCUT2D eigenvalue weighted by atomic mass is 16.5. The van der Waals surface area contributed by atoms with E-state index in [1.54, 1.807) is 6.92 Å². The molecule has 1 aliphatic rings. The van der Waals surface area contributed by atoms with Crippen molar-refractivity contribution >= 4 is 12.4 Å². The molecule has 5 heteroatoms. The van der Waals surface area contributed by atoms with Gasteiger partial charge in [0, 0.05) is 13.2 Å². The zero-order valence-corrected chi connectivity index (χ0v) is 10.5.